The molecule has 0 radical (unpaired) electrons. The molecule has 2 amide bonds. The zero-order valence-corrected chi connectivity index (χ0v) is 28.5. The zero-order chi connectivity index (χ0) is 35.1. The van der Waals surface area contributed by atoms with E-state index >= 15 is 0 Å². The van der Waals surface area contributed by atoms with Crippen molar-refractivity contribution in [1.82, 2.24) is 34.1 Å². The van der Waals surface area contributed by atoms with Gasteiger partial charge in [-0.15, -0.1) is 0 Å². The number of benzene rings is 1. The fourth-order valence-corrected chi connectivity index (χ4v) is 6.82. The van der Waals surface area contributed by atoms with Crippen LogP contribution >= 0.6 is 11.6 Å². The number of aromatic nitrogens is 5. The summed E-state index contributed by atoms with van der Waals surface area (Å²) in [4.78, 5) is 39.1. The summed E-state index contributed by atoms with van der Waals surface area (Å²) in [6.07, 6.45) is 1.55. The van der Waals surface area contributed by atoms with Crippen molar-refractivity contribution in [3.63, 3.8) is 0 Å². The number of hydrogen-bond acceptors (Lipinski definition) is 7. The number of likely N-dealkylation sites (N-methyl/N-ethyl adjacent to an activating group) is 1. The number of quaternary nitrogens is 1. The topological polar surface area (TPSA) is 113 Å². The molecule has 0 aliphatic carbocycles. The molecule has 0 spiro atoms. The van der Waals surface area contributed by atoms with Crippen LogP contribution in [0.1, 0.15) is 39.5 Å². The molecule has 1 atom stereocenters. The van der Waals surface area contributed by atoms with E-state index in [-0.39, 0.29) is 33.8 Å². The van der Waals surface area contributed by atoms with Crippen LogP contribution in [0.15, 0.2) is 48.9 Å². The normalized spacial score (nSPS) is 18.1. The average molecular weight is 700 g/mol. The molecule has 2 saturated heterocycles. The summed E-state index contributed by atoms with van der Waals surface area (Å²) in [6, 6.07) is 8.41. The molecule has 0 bridgehead atoms. The van der Waals surface area contributed by atoms with Gasteiger partial charge in [-0.05, 0) is 30.3 Å². The predicted octanol–water partition coefficient (Wildman–Crippen LogP) is 4.63. The molecule has 6 rings (SSSR count). The van der Waals surface area contributed by atoms with Crippen molar-refractivity contribution in [2.75, 3.05) is 71.0 Å². The third-order valence-electron chi connectivity index (χ3n) is 9.57. The molecule has 49 heavy (non-hydrogen) atoms. The van der Waals surface area contributed by atoms with Gasteiger partial charge >= 0.3 is 6.18 Å². The second-order valence-electron chi connectivity index (χ2n) is 13.1. The van der Waals surface area contributed by atoms with Crippen molar-refractivity contribution in [2.45, 2.75) is 25.1 Å². The number of imidazole rings is 1. The van der Waals surface area contributed by atoms with Crippen LogP contribution in [-0.4, -0.2) is 117 Å². The highest BCUT2D eigenvalue weighted by Gasteiger charge is 2.39. The van der Waals surface area contributed by atoms with Crippen LogP contribution < -0.4 is 10.6 Å². The molecule has 2 aliphatic rings. The molecular weight excluding hydrogens is 661 g/mol. The van der Waals surface area contributed by atoms with Gasteiger partial charge in [-0.2, -0.15) is 18.3 Å². The van der Waals surface area contributed by atoms with Crippen LogP contribution in [0.2, 0.25) is 5.02 Å². The van der Waals surface area contributed by atoms with E-state index in [2.05, 4.69) is 44.7 Å². The Balaban J connectivity index is 1.13. The summed E-state index contributed by atoms with van der Waals surface area (Å²) in [5.41, 5.74) is -0.0721. The zero-order valence-electron chi connectivity index (χ0n) is 27.8. The molecule has 2 N–H and O–H groups in total. The Kier molecular flexibility index (Phi) is 9.44. The number of nitrogens with zero attached hydrogens (tertiary/aromatic N) is 8. The minimum Gasteiger partial charge on any atom is -0.387 e. The Labute approximate surface area is 287 Å². The second kappa shape index (κ2) is 13.4. The number of nitrogens with one attached hydrogen (secondary N) is 2. The first-order chi connectivity index (χ1) is 23.2. The number of hydrogen-bond donors (Lipinski definition) is 2. The monoisotopic (exact) mass is 699 g/mol. The van der Waals surface area contributed by atoms with E-state index in [1.807, 2.05) is 0 Å². The highest BCUT2D eigenvalue weighted by molar-refractivity contribution is 6.34. The quantitative estimate of drug-likeness (QED) is 0.258. The van der Waals surface area contributed by atoms with E-state index < -0.39 is 17.8 Å². The number of anilines is 2. The second-order valence-corrected chi connectivity index (χ2v) is 13.5. The Bertz CT molecular complexity index is 1850. The molecule has 4 aromatic rings. The van der Waals surface area contributed by atoms with E-state index in [9.17, 15) is 22.8 Å². The lowest BCUT2D eigenvalue weighted by molar-refractivity contribution is -0.901. The molecule has 16 heteroatoms. The SMILES string of the molecule is CNc1ccc(-n2cc(-c3cnc(C(=O)Nc4ccc(C(=O)N5CCN(C[C@@H]6CCC[N+]6(C)C)CC5)c(Cl)c4)n3C)c(C(F)(F)F)n2)nc1. The third kappa shape index (κ3) is 7.14. The molecular formula is C33H39ClF3N10O2+. The number of halogens is 4. The molecule has 2 aliphatic heterocycles. The Hall–Kier alpha value is -4.47. The maximum atomic E-state index is 14.1. The number of carbonyl (C=O) groups excluding carboxylic acids is 2. The van der Waals surface area contributed by atoms with Crippen molar-refractivity contribution >= 4 is 34.8 Å². The number of carbonyl (C=O) groups is 2. The largest absolute Gasteiger partial charge is 0.435 e. The van der Waals surface area contributed by atoms with Gasteiger partial charge in [0.2, 0.25) is 0 Å². The molecule has 12 nitrogen and oxygen atoms in total. The van der Waals surface area contributed by atoms with Crippen LogP contribution in [0.5, 0.6) is 0 Å². The van der Waals surface area contributed by atoms with Gasteiger partial charge in [0.15, 0.2) is 17.3 Å². The van der Waals surface area contributed by atoms with Gasteiger partial charge in [-0.25, -0.2) is 14.6 Å². The fourth-order valence-electron chi connectivity index (χ4n) is 6.56. The van der Waals surface area contributed by atoms with E-state index in [1.165, 1.54) is 61.7 Å². The van der Waals surface area contributed by atoms with Crippen LogP contribution in [0.3, 0.4) is 0 Å². The summed E-state index contributed by atoms with van der Waals surface area (Å²) in [7, 11) is 7.71. The molecule has 260 valence electrons. The van der Waals surface area contributed by atoms with Gasteiger partial charge in [-0.3, -0.25) is 14.5 Å². The minimum atomic E-state index is -4.78. The Morgan fingerprint density at radius 2 is 1.78 bits per heavy atom. The van der Waals surface area contributed by atoms with E-state index in [4.69, 9.17) is 11.6 Å². The van der Waals surface area contributed by atoms with Gasteiger partial charge in [0.1, 0.15) is 6.04 Å². The molecule has 5 heterocycles. The van der Waals surface area contributed by atoms with Crippen LogP contribution in [-0.2, 0) is 13.2 Å². The Morgan fingerprint density at radius 1 is 1.04 bits per heavy atom. The smallest absolute Gasteiger partial charge is 0.387 e. The maximum Gasteiger partial charge on any atom is 0.435 e. The summed E-state index contributed by atoms with van der Waals surface area (Å²) in [5, 5.41) is 9.52. The Morgan fingerprint density at radius 3 is 2.39 bits per heavy atom. The number of alkyl halides is 3. The molecule has 1 aromatic carbocycles. The molecule has 0 unspecified atom stereocenters. The lowest BCUT2D eigenvalue weighted by Gasteiger charge is -2.39. The predicted molar refractivity (Wildman–Crippen MR) is 180 cm³/mol. The van der Waals surface area contributed by atoms with Crippen molar-refractivity contribution in [3.8, 4) is 17.1 Å². The number of rotatable bonds is 8. The van der Waals surface area contributed by atoms with Gasteiger partial charge in [0, 0.05) is 65.0 Å². The number of piperazine rings is 1. The fraction of sp³-hybridized carbons (Fsp3) is 0.424. The summed E-state index contributed by atoms with van der Waals surface area (Å²) < 4.78 is 45.5. The van der Waals surface area contributed by atoms with E-state index in [0.717, 1.165) is 28.8 Å². The average Bonchev–Trinajstić information content (AvgIpc) is 3.77. The third-order valence-corrected chi connectivity index (χ3v) is 9.88. The van der Waals surface area contributed by atoms with Crippen LogP contribution in [0, 0.1) is 0 Å². The van der Waals surface area contributed by atoms with E-state index in [0.29, 0.717) is 36.1 Å². The minimum absolute atomic E-state index is 0.0284. The van der Waals surface area contributed by atoms with Crippen molar-refractivity contribution in [3.05, 3.63) is 71.0 Å². The van der Waals surface area contributed by atoms with Gasteiger partial charge < -0.3 is 24.6 Å². The summed E-state index contributed by atoms with van der Waals surface area (Å²) >= 11 is 6.54. The van der Waals surface area contributed by atoms with Crippen molar-refractivity contribution < 1.29 is 27.2 Å². The standard InChI is InChI=1S/C33H38ClF3N10O2/c1-38-22-8-10-28(39-17-22)46-20-25(29(42-46)33(35,36)37)27-18-40-30(43(27)2)31(48)41-21-7-9-24(26(34)16-21)32(49)45-13-11-44(12-14-45)19-23-6-5-15-47(23,3)4/h7-10,16-18,20,23,38H,5-6,11-15,19H2,1-4H3/p+1/t23-/m0/s1. The molecule has 2 fully saturated rings. The molecule has 3 aromatic heterocycles. The highest BCUT2D eigenvalue weighted by Crippen LogP contribution is 2.37. The van der Waals surface area contributed by atoms with Gasteiger partial charge in [0.05, 0.1) is 67.1 Å². The van der Waals surface area contributed by atoms with Gasteiger partial charge in [0.25, 0.3) is 11.8 Å². The lowest BCUT2D eigenvalue weighted by atomic mass is 10.1. The maximum absolute atomic E-state index is 14.1. The lowest BCUT2D eigenvalue weighted by Crippen LogP contribution is -2.54. The highest BCUT2D eigenvalue weighted by atomic mass is 35.5. The summed E-state index contributed by atoms with van der Waals surface area (Å²) in [6.45, 7) is 5.02. The van der Waals surface area contributed by atoms with Gasteiger partial charge in [-0.1, -0.05) is 11.6 Å². The first-order valence-corrected chi connectivity index (χ1v) is 16.4. The van der Waals surface area contributed by atoms with Crippen LogP contribution in [0.25, 0.3) is 17.1 Å². The van der Waals surface area contributed by atoms with Crippen molar-refractivity contribution in [2.24, 2.45) is 7.05 Å². The molecule has 0 saturated carbocycles. The first kappa shape index (κ1) is 34.4. The number of pyridine rings is 1. The van der Waals surface area contributed by atoms with E-state index in [1.54, 1.807) is 30.1 Å². The first-order valence-electron chi connectivity index (χ1n) is 16.0. The number of amides is 2. The number of likely N-dealkylation sites (tertiary alicyclic amines) is 1. The van der Waals surface area contributed by atoms with Crippen molar-refractivity contribution in [1.29, 1.82) is 0 Å². The van der Waals surface area contributed by atoms with Crippen LogP contribution in [0.4, 0.5) is 24.5 Å². The summed E-state index contributed by atoms with van der Waals surface area (Å²) in [5.74, 6) is -0.808.